The van der Waals surface area contributed by atoms with Crippen LogP contribution in [0.5, 0.6) is 0 Å². The van der Waals surface area contributed by atoms with Crippen LogP contribution in [0.1, 0.15) is 52.4 Å². The van der Waals surface area contributed by atoms with Crippen LogP contribution < -0.4 is 0 Å². The van der Waals surface area contributed by atoms with Gasteiger partial charge in [0, 0.05) is 51.9 Å². The predicted molar refractivity (Wildman–Crippen MR) is 108 cm³/mol. The summed E-state index contributed by atoms with van der Waals surface area (Å²) in [5.74, 6) is 1.11. The Morgan fingerprint density at radius 2 is 1.41 bits per heavy atom. The predicted octanol–water partition coefficient (Wildman–Crippen LogP) is 1.65. The summed E-state index contributed by atoms with van der Waals surface area (Å²) >= 11 is 0. The summed E-state index contributed by atoms with van der Waals surface area (Å²) < 4.78 is 0. The monoisotopic (exact) mass is 378 g/mol. The first-order chi connectivity index (χ1) is 13.0. The number of nitrogens with zero attached hydrogens (tertiary/aromatic N) is 4. The van der Waals surface area contributed by atoms with E-state index in [4.69, 9.17) is 0 Å². The molecular weight excluding hydrogens is 340 g/mol. The highest BCUT2D eigenvalue weighted by Gasteiger charge is 2.33. The van der Waals surface area contributed by atoms with Crippen molar-refractivity contribution in [3.8, 4) is 0 Å². The van der Waals surface area contributed by atoms with Crippen molar-refractivity contribution >= 4 is 11.8 Å². The largest absolute Gasteiger partial charge is 0.342 e. The van der Waals surface area contributed by atoms with E-state index in [-0.39, 0.29) is 0 Å². The molecule has 27 heavy (non-hydrogen) atoms. The zero-order chi connectivity index (χ0) is 19.2. The van der Waals surface area contributed by atoms with E-state index in [0.717, 1.165) is 58.7 Å². The van der Waals surface area contributed by atoms with Crippen LogP contribution in [0.15, 0.2) is 0 Å². The molecule has 0 spiro atoms. The molecule has 1 saturated carbocycles. The fraction of sp³-hybridized carbons (Fsp3) is 0.905. The van der Waals surface area contributed by atoms with Gasteiger partial charge in [0.15, 0.2) is 0 Å². The number of hydrogen-bond donors (Lipinski definition) is 0. The summed E-state index contributed by atoms with van der Waals surface area (Å²) in [6, 6.07) is 0.493. The summed E-state index contributed by atoms with van der Waals surface area (Å²) in [5.41, 5.74) is 0. The van der Waals surface area contributed by atoms with Gasteiger partial charge in [-0.05, 0) is 31.6 Å². The van der Waals surface area contributed by atoms with Crippen LogP contribution in [0, 0.1) is 5.92 Å². The Hall–Kier alpha value is -1.14. The summed E-state index contributed by atoms with van der Waals surface area (Å²) in [6.45, 7) is 11.7. The van der Waals surface area contributed by atoms with Crippen molar-refractivity contribution in [3.05, 3.63) is 0 Å². The lowest BCUT2D eigenvalue weighted by Crippen LogP contribution is -2.52. The van der Waals surface area contributed by atoms with Gasteiger partial charge in [0.25, 0.3) is 0 Å². The van der Waals surface area contributed by atoms with E-state index in [1.165, 1.54) is 25.7 Å². The van der Waals surface area contributed by atoms with Gasteiger partial charge in [0.1, 0.15) is 0 Å². The molecule has 2 aliphatic heterocycles. The number of amides is 2. The van der Waals surface area contributed by atoms with Crippen molar-refractivity contribution in [2.45, 2.75) is 58.4 Å². The molecule has 3 rings (SSSR count). The van der Waals surface area contributed by atoms with E-state index in [1.807, 2.05) is 0 Å². The fourth-order valence-corrected chi connectivity index (χ4v) is 4.23. The topological polar surface area (TPSA) is 47.1 Å². The van der Waals surface area contributed by atoms with Crippen LogP contribution in [-0.2, 0) is 9.59 Å². The average molecular weight is 379 g/mol. The first-order valence-electron chi connectivity index (χ1n) is 11.0. The van der Waals surface area contributed by atoms with Gasteiger partial charge >= 0.3 is 0 Å². The van der Waals surface area contributed by atoms with E-state index in [1.54, 1.807) is 0 Å². The average Bonchev–Trinajstić information content (AvgIpc) is 3.48. The number of hydrogen-bond acceptors (Lipinski definition) is 4. The Morgan fingerprint density at radius 3 is 1.93 bits per heavy atom. The van der Waals surface area contributed by atoms with Gasteiger partial charge in [-0.25, -0.2) is 0 Å². The number of likely N-dealkylation sites (tertiary alicyclic amines) is 1. The lowest BCUT2D eigenvalue weighted by molar-refractivity contribution is -0.135. The number of carbonyl (C=O) groups is 2. The Morgan fingerprint density at radius 1 is 0.852 bits per heavy atom. The molecule has 2 heterocycles. The van der Waals surface area contributed by atoms with E-state index in [0.29, 0.717) is 36.9 Å². The summed E-state index contributed by atoms with van der Waals surface area (Å²) in [4.78, 5) is 34.0. The molecule has 1 aliphatic carbocycles. The quantitative estimate of drug-likeness (QED) is 0.676. The van der Waals surface area contributed by atoms with Gasteiger partial charge in [-0.2, -0.15) is 0 Å². The zero-order valence-corrected chi connectivity index (χ0v) is 17.4. The van der Waals surface area contributed by atoms with Gasteiger partial charge < -0.3 is 9.80 Å². The molecule has 0 aromatic rings. The van der Waals surface area contributed by atoms with Crippen LogP contribution in [0.3, 0.4) is 0 Å². The highest BCUT2D eigenvalue weighted by atomic mass is 16.2. The third-order valence-corrected chi connectivity index (χ3v) is 6.01. The molecule has 0 unspecified atom stereocenters. The minimum Gasteiger partial charge on any atom is -0.342 e. The van der Waals surface area contributed by atoms with Gasteiger partial charge in [0.05, 0.1) is 13.1 Å². The molecule has 2 amide bonds. The Balaban J connectivity index is 1.39. The highest BCUT2D eigenvalue weighted by Crippen LogP contribution is 2.27. The van der Waals surface area contributed by atoms with E-state index >= 15 is 0 Å². The highest BCUT2D eigenvalue weighted by molar-refractivity contribution is 5.79. The van der Waals surface area contributed by atoms with Crippen molar-refractivity contribution in [2.75, 3.05) is 58.9 Å². The maximum atomic E-state index is 12.7. The number of carbonyl (C=O) groups excluding carboxylic acids is 2. The molecule has 6 nitrogen and oxygen atoms in total. The maximum absolute atomic E-state index is 12.7. The normalized spacial score (nSPS) is 22.7. The molecule has 0 atom stereocenters. The third-order valence-electron chi connectivity index (χ3n) is 6.01. The molecule has 6 heteroatoms. The van der Waals surface area contributed by atoms with E-state index in [9.17, 15) is 9.59 Å². The standard InChI is InChI=1S/C21H38N4O2/c1-18(2)15-25(19-7-8-19)21(27)17-23-13-11-22(12-14-23)16-20(26)24-9-5-3-4-6-10-24/h18-19H,3-17H2,1-2H3. The number of piperazine rings is 1. The Labute approximate surface area is 164 Å². The van der Waals surface area contributed by atoms with Crippen molar-refractivity contribution in [3.63, 3.8) is 0 Å². The van der Waals surface area contributed by atoms with Crippen LogP contribution in [0.25, 0.3) is 0 Å². The van der Waals surface area contributed by atoms with Crippen molar-refractivity contribution in [2.24, 2.45) is 5.92 Å². The van der Waals surface area contributed by atoms with Gasteiger partial charge in [-0.15, -0.1) is 0 Å². The minimum atomic E-state index is 0.290. The van der Waals surface area contributed by atoms with Crippen LogP contribution in [-0.4, -0.2) is 96.4 Å². The van der Waals surface area contributed by atoms with Crippen LogP contribution >= 0.6 is 0 Å². The third kappa shape index (κ3) is 6.46. The first kappa shape index (κ1) is 20.6. The molecular formula is C21H38N4O2. The number of rotatable bonds is 7. The van der Waals surface area contributed by atoms with Gasteiger partial charge in [-0.1, -0.05) is 26.7 Å². The summed E-state index contributed by atoms with van der Waals surface area (Å²) in [5, 5.41) is 0. The van der Waals surface area contributed by atoms with Gasteiger partial charge in [-0.3, -0.25) is 19.4 Å². The second kappa shape index (κ2) is 9.87. The second-order valence-electron chi connectivity index (χ2n) is 9.02. The maximum Gasteiger partial charge on any atom is 0.237 e. The molecule has 3 aliphatic rings. The van der Waals surface area contributed by atoms with Crippen LogP contribution in [0.4, 0.5) is 0 Å². The van der Waals surface area contributed by atoms with E-state index < -0.39 is 0 Å². The zero-order valence-electron chi connectivity index (χ0n) is 17.4. The molecule has 0 aromatic carbocycles. The van der Waals surface area contributed by atoms with Crippen molar-refractivity contribution < 1.29 is 9.59 Å². The fourth-order valence-electron chi connectivity index (χ4n) is 4.23. The summed E-state index contributed by atoms with van der Waals surface area (Å²) in [7, 11) is 0. The molecule has 0 aromatic heterocycles. The SMILES string of the molecule is CC(C)CN(C(=O)CN1CCN(CC(=O)N2CCCCCC2)CC1)C1CC1. The summed E-state index contributed by atoms with van der Waals surface area (Å²) in [6.07, 6.45) is 7.15. The molecule has 0 N–H and O–H groups in total. The molecule has 154 valence electrons. The molecule has 0 radical (unpaired) electrons. The van der Waals surface area contributed by atoms with Gasteiger partial charge in [0.2, 0.25) is 11.8 Å². The Kier molecular flexibility index (Phi) is 7.53. The van der Waals surface area contributed by atoms with Crippen molar-refractivity contribution in [1.29, 1.82) is 0 Å². The van der Waals surface area contributed by atoms with Crippen LogP contribution in [0.2, 0.25) is 0 Å². The second-order valence-corrected chi connectivity index (χ2v) is 9.02. The first-order valence-corrected chi connectivity index (χ1v) is 11.0. The van der Waals surface area contributed by atoms with Crippen molar-refractivity contribution in [1.82, 2.24) is 19.6 Å². The molecule has 0 bridgehead atoms. The van der Waals surface area contributed by atoms with E-state index in [2.05, 4.69) is 33.4 Å². The lowest BCUT2D eigenvalue weighted by Gasteiger charge is -2.36. The molecule has 2 saturated heterocycles. The smallest absolute Gasteiger partial charge is 0.237 e. The molecule has 3 fully saturated rings. The Bertz CT molecular complexity index is 490. The lowest BCUT2D eigenvalue weighted by atomic mass is 10.2. The minimum absolute atomic E-state index is 0.290.